The van der Waals surface area contributed by atoms with E-state index in [1.54, 1.807) is 12.1 Å². The summed E-state index contributed by atoms with van der Waals surface area (Å²) in [5, 5.41) is 2.83. The molecule has 0 unspecified atom stereocenters. The van der Waals surface area contributed by atoms with Gasteiger partial charge in [0.25, 0.3) is 5.91 Å². The van der Waals surface area contributed by atoms with E-state index >= 15 is 0 Å². The fourth-order valence-corrected chi connectivity index (χ4v) is 3.48. The van der Waals surface area contributed by atoms with Crippen LogP contribution >= 0.6 is 15.9 Å². The van der Waals surface area contributed by atoms with E-state index in [1.165, 1.54) is 12.8 Å². The summed E-state index contributed by atoms with van der Waals surface area (Å²) in [6, 6.07) is 7.79. The molecule has 1 fully saturated rings. The van der Waals surface area contributed by atoms with Crippen molar-refractivity contribution in [2.75, 3.05) is 6.54 Å². The number of hydrogen-bond donors (Lipinski definition) is 1. The zero-order valence-corrected chi connectivity index (χ0v) is 15.4. The second-order valence-electron chi connectivity index (χ2n) is 6.35. The molecule has 0 atom stereocenters. The molecule has 1 aromatic carbocycles. The molecule has 0 saturated heterocycles. The average molecular weight is 381 g/mol. The monoisotopic (exact) mass is 380 g/mol. The Hall–Kier alpha value is -1.36. The van der Waals surface area contributed by atoms with Crippen LogP contribution in [0.1, 0.15) is 56.3 Å². The van der Waals surface area contributed by atoms with Crippen LogP contribution in [0.25, 0.3) is 0 Å². The number of benzene rings is 1. The van der Waals surface area contributed by atoms with Crippen LogP contribution in [-0.4, -0.2) is 35.3 Å². The van der Waals surface area contributed by atoms with Crippen molar-refractivity contribution in [3.05, 3.63) is 34.3 Å². The van der Waals surface area contributed by atoms with Gasteiger partial charge in [-0.3, -0.25) is 9.59 Å². The fraction of sp³-hybridized carbons (Fsp3) is 0.556. The number of carbonyl (C=O) groups excluding carboxylic acids is 2. The molecule has 0 radical (unpaired) electrons. The van der Waals surface area contributed by atoms with Gasteiger partial charge in [-0.15, -0.1) is 0 Å². The minimum Gasteiger partial charge on any atom is -0.352 e. The van der Waals surface area contributed by atoms with Crippen molar-refractivity contribution in [2.24, 2.45) is 0 Å². The van der Waals surface area contributed by atoms with E-state index in [0.29, 0.717) is 24.6 Å². The number of hydrogen-bond acceptors (Lipinski definition) is 2. The van der Waals surface area contributed by atoms with Crippen molar-refractivity contribution in [1.82, 2.24) is 10.2 Å². The van der Waals surface area contributed by atoms with Gasteiger partial charge in [-0.05, 0) is 51.0 Å². The lowest BCUT2D eigenvalue weighted by Gasteiger charge is -2.33. The summed E-state index contributed by atoms with van der Waals surface area (Å²) in [5.41, 5.74) is 0.608. The zero-order chi connectivity index (χ0) is 16.8. The Balaban J connectivity index is 1.83. The van der Waals surface area contributed by atoms with Crippen molar-refractivity contribution in [3.8, 4) is 0 Å². The standard InChI is InChI=1S/C18H25BrN2O2/c1-13(2)21(16-5-3-4-6-16)17(22)11-12-20-18(23)14-7-9-15(19)10-8-14/h7-10,13,16H,3-6,11-12H2,1-2H3,(H,20,23). The first kappa shape index (κ1) is 18.0. The molecule has 2 rings (SSSR count). The molecule has 5 heteroatoms. The molecule has 1 aliphatic carbocycles. The highest BCUT2D eigenvalue weighted by molar-refractivity contribution is 9.10. The topological polar surface area (TPSA) is 49.4 Å². The largest absolute Gasteiger partial charge is 0.352 e. The molecule has 0 bridgehead atoms. The first-order valence-corrected chi connectivity index (χ1v) is 9.13. The lowest BCUT2D eigenvalue weighted by molar-refractivity contribution is -0.135. The molecule has 1 saturated carbocycles. The van der Waals surface area contributed by atoms with E-state index in [1.807, 2.05) is 17.0 Å². The fourth-order valence-electron chi connectivity index (χ4n) is 3.21. The minimum absolute atomic E-state index is 0.137. The van der Waals surface area contributed by atoms with E-state index in [9.17, 15) is 9.59 Å². The molecule has 1 aromatic rings. The molecule has 1 N–H and O–H groups in total. The van der Waals surface area contributed by atoms with Crippen LogP contribution in [0.3, 0.4) is 0 Å². The number of amides is 2. The number of carbonyl (C=O) groups is 2. The quantitative estimate of drug-likeness (QED) is 0.816. The maximum absolute atomic E-state index is 12.5. The van der Waals surface area contributed by atoms with Gasteiger partial charge in [0.15, 0.2) is 0 Å². The SMILES string of the molecule is CC(C)N(C(=O)CCNC(=O)c1ccc(Br)cc1)C1CCCC1. The van der Waals surface area contributed by atoms with E-state index in [0.717, 1.165) is 17.3 Å². The highest BCUT2D eigenvalue weighted by atomic mass is 79.9. The van der Waals surface area contributed by atoms with Gasteiger partial charge in [0.2, 0.25) is 5.91 Å². The van der Waals surface area contributed by atoms with E-state index in [-0.39, 0.29) is 17.9 Å². The van der Waals surface area contributed by atoms with Crippen molar-refractivity contribution >= 4 is 27.7 Å². The van der Waals surface area contributed by atoms with Crippen molar-refractivity contribution in [3.63, 3.8) is 0 Å². The smallest absolute Gasteiger partial charge is 0.251 e. The second-order valence-corrected chi connectivity index (χ2v) is 7.26. The molecule has 1 aliphatic rings. The first-order valence-electron chi connectivity index (χ1n) is 8.34. The van der Waals surface area contributed by atoms with E-state index < -0.39 is 0 Å². The van der Waals surface area contributed by atoms with E-state index in [4.69, 9.17) is 0 Å². The summed E-state index contributed by atoms with van der Waals surface area (Å²) in [5.74, 6) is 0.00488. The number of nitrogens with zero attached hydrogens (tertiary/aromatic N) is 1. The average Bonchev–Trinajstić information content (AvgIpc) is 3.01. The van der Waals surface area contributed by atoms with Gasteiger partial charge >= 0.3 is 0 Å². The molecule has 23 heavy (non-hydrogen) atoms. The number of nitrogens with one attached hydrogen (secondary N) is 1. The Bertz CT molecular complexity index is 536. The van der Waals surface area contributed by atoms with Crippen molar-refractivity contribution in [1.29, 1.82) is 0 Å². The van der Waals surface area contributed by atoms with Crippen LogP contribution in [0.2, 0.25) is 0 Å². The third-order valence-corrected chi connectivity index (χ3v) is 4.82. The molecule has 4 nitrogen and oxygen atoms in total. The lowest BCUT2D eigenvalue weighted by atomic mass is 10.1. The van der Waals surface area contributed by atoms with Gasteiger partial charge in [-0.1, -0.05) is 28.8 Å². The summed E-state index contributed by atoms with van der Waals surface area (Å²) in [6.45, 7) is 4.51. The Morgan fingerprint density at radius 1 is 1.22 bits per heavy atom. The van der Waals surface area contributed by atoms with Crippen LogP contribution in [0, 0.1) is 0 Å². The van der Waals surface area contributed by atoms with Gasteiger partial charge in [-0.2, -0.15) is 0 Å². The third-order valence-electron chi connectivity index (χ3n) is 4.29. The zero-order valence-electron chi connectivity index (χ0n) is 13.8. The van der Waals surface area contributed by atoms with Crippen molar-refractivity contribution < 1.29 is 9.59 Å². The highest BCUT2D eigenvalue weighted by Gasteiger charge is 2.28. The third kappa shape index (κ3) is 5.06. The minimum atomic E-state index is -0.137. The van der Waals surface area contributed by atoms with Gasteiger partial charge in [0.1, 0.15) is 0 Å². The van der Waals surface area contributed by atoms with Gasteiger partial charge in [0.05, 0.1) is 0 Å². The highest BCUT2D eigenvalue weighted by Crippen LogP contribution is 2.25. The molecule has 126 valence electrons. The van der Waals surface area contributed by atoms with Gasteiger partial charge in [0, 0.05) is 35.1 Å². The van der Waals surface area contributed by atoms with Gasteiger partial charge in [-0.25, -0.2) is 0 Å². The molecule has 0 aliphatic heterocycles. The Morgan fingerprint density at radius 3 is 2.39 bits per heavy atom. The summed E-state index contributed by atoms with van der Waals surface area (Å²) >= 11 is 3.35. The summed E-state index contributed by atoms with van der Waals surface area (Å²) in [4.78, 5) is 26.6. The van der Waals surface area contributed by atoms with Crippen LogP contribution in [0.15, 0.2) is 28.7 Å². The Morgan fingerprint density at radius 2 is 1.83 bits per heavy atom. The maximum atomic E-state index is 12.5. The van der Waals surface area contributed by atoms with Gasteiger partial charge < -0.3 is 10.2 Å². The maximum Gasteiger partial charge on any atom is 0.251 e. The second kappa shape index (κ2) is 8.48. The molecular weight excluding hydrogens is 356 g/mol. The predicted molar refractivity (Wildman–Crippen MR) is 95.3 cm³/mol. The van der Waals surface area contributed by atoms with Crippen LogP contribution < -0.4 is 5.32 Å². The number of halogens is 1. The first-order chi connectivity index (χ1) is 11.0. The summed E-state index contributed by atoms with van der Waals surface area (Å²) in [6.07, 6.45) is 4.99. The number of rotatable bonds is 6. The molecular formula is C18H25BrN2O2. The molecule has 2 amide bonds. The van der Waals surface area contributed by atoms with Crippen LogP contribution in [0.4, 0.5) is 0 Å². The lowest BCUT2D eigenvalue weighted by Crippen LogP contribution is -2.44. The molecule has 0 aromatic heterocycles. The Kier molecular flexibility index (Phi) is 6.63. The van der Waals surface area contributed by atoms with Crippen LogP contribution in [-0.2, 0) is 4.79 Å². The normalized spacial score (nSPS) is 15.0. The summed E-state index contributed by atoms with van der Waals surface area (Å²) < 4.78 is 0.938. The molecule has 0 heterocycles. The predicted octanol–water partition coefficient (Wildman–Crippen LogP) is 3.75. The molecule has 0 spiro atoms. The van der Waals surface area contributed by atoms with Crippen LogP contribution in [0.5, 0.6) is 0 Å². The summed E-state index contributed by atoms with van der Waals surface area (Å²) in [7, 11) is 0. The van der Waals surface area contributed by atoms with Crippen molar-refractivity contribution in [2.45, 2.75) is 58.0 Å². The van der Waals surface area contributed by atoms with E-state index in [2.05, 4.69) is 35.1 Å². The Labute approximate surface area is 146 Å².